The van der Waals surface area contributed by atoms with Crippen molar-refractivity contribution >= 4 is 17.5 Å². The first-order chi connectivity index (χ1) is 8.35. The summed E-state index contributed by atoms with van der Waals surface area (Å²) in [6.07, 6.45) is -4.45. The quantitative estimate of drug-likeness (QED) is 0.904. The molecule has 98 valence electrons. The van der Waals surface area contributed by atoms with Crippen molar-refractivity contribution in [1.29, 1.82) is 0 Å². The first-order valence-electron chi connectivity index (χ1n) is 5.17. The zero-order valence-corrected chi connectivity index (χ0v) is 9.81. The van der Waals surface area contributed by atoms with E-state index in [-0.39, 0.29) is 16.8 Å². The zero-order valence-electron chi connectivity index (χ0n) is 9.05. The maximum absolute atomic E-state index is 12.0. The molecule has 1 N–H and O–H groups in total. The van der Waals surface area contributed by atoms with Crippen LogP contribution in [-0.4, -0.2) is 18.8 Å². The number of ether oxygens (including phenoxy) is 1. The summed E-state index contributed by atoms with van der Waals surface area (Å²) in [5.74, 6) is -0.577. The van der Waals surface area contributed by atoms with E-state index < -0.39 is 12.1 Å². The van der Waals surface area contributed by atoms with Crippen molar-refractivity contribution in [3.8, 4) is 5.75 Å². The van der Waals surface area contributed by atoms with Crippen molar-refractivity contribution in [3.05, 3.63) is 28.8 Å². The van der Waals surface area contributed by atoms with E-state index in [0.29, 0.717) is 18.5 Å². The summed E-state index contributed by atoms with van der Waals surface area (Å²) in [5.41, 5.74) is 0.716. The maximum atomic E-state index is 12.0. The van der Waals surface area contributed by atoms with Crippen molar-refractivity contribution in [3.63, 3.8) is 0 Å². The summed E-state index contributed by atoms with van der Waals surface area (Å²) < 4.78 is 39.9. The molecular weight excluding hydrogens is 271 g/mol. The Morgan fingerprint density at radius 2 is 2.11 bits per heavy atom. The molecular formula is C11H9ClF3NO2. The van der Waals surface area contributed by atoms with E-state index in [1.54, 1.807) is 0 Å². The van der Waals surface area contributed by atoms with Crippen LogP contribution in [0.15, 0.2) is 18.2 Å². The van der Waals surface area contributed by atoms with E-state index in [1.807, 2.05) is 0 Å². The van der Waals surface area contributed by atoms with Crippen molar-refractivity contribution in [2.24, 2.45) is 0 Å². The zero-order chi connectivity index (χ0) is 13.3. The third-order valence-electron chi connectivity index (χ3n) is 2.63. The van der Waals surface area contributed by atoms with Gasteiger partial charge in [0, 0.05) is 18.9 Å². The van der Waals surface area contributed by atoms with Gasteiger partial charge >= 0.3 is 6.36 Å². The Morgan fingerprint density at radius 3 is 2.61 bits per heavy atom. The van der Waals surface area contributed by atoms with Gasteiger partial charge < -0.3 is 10.1 Å². The largest absolute Gasteiger partial charge is 0.573 e. The van der Waals surface area contributed by atoms with Gasteiger partial charge in [0.1, 0.15) is 5.75 Å². The minimum Gasteiger partial charge on any atom is -0.404 e. The molecule has 1 fully saturated rings. The van der Waals surface area contributed by atoms with Crippen molar-refractivity contribution in [2.75, 3.05) is 6.54 Å². The van der Waals surface area contributed by atoms with E-state index in [9.17, 15) is 18.0 Å². The Bertz CT molecular complexity index is 476. The third kappa shape index (κ3) is 3.07. The second-order valence-electron chi connectivity index (χ2n) is 3.94. The van der Waals surface area contributed by atoms with E-state index in [0.717, 1.165) is 6.07 Å². The minimum atomic E-state index is -4.77. The molecule has 1 aliphatic rings. The van der Waals surface area contributed by atoms with E-state index >= 15 is 0 Å². The lowest BCUT2D eigenvalue weighted by Crippen LogP contribution is -2.17. The second-order valence-corrected chi connectivity index (χ2v) is 4.35. The van der Waals surface area contributed by atoms with Crippen molar-refractivity contribution in [1.82, 2.24) is 5.32 Å². The van der Waals surface area contributed by atoms with Crippen LogP contribution in [0.25, 0.3) is 0 Å². The summed E-state index contributed by atoms with van der Waals surface area (Å²) in [7, 11) is 0. The summed E-state index contributed by atoms with van der Waals surface area (Å²) in [6, 6.07) is 4.04. The van der Waals surface area contributed by atoms with Crippen LogP contribution in [0.1, 0.15) is 17.9 Å². The Balaban J connectivity index is 2.17. The average Bonchev–Trinajstić information content (AvgIpc) is 2.66. The maximum Gasteiger partial charge on any atom is 0.573 e. The predicted octanol–water partition coefficient (Wildman–Crippen LogP) is 2.84. The van der Waals surface area contributed by atoms with Crippen LogP contribution in [0.2, 0.25) is 5.02 Å². The molecule has 3 nitrogen and oxygen atoms in total. The fourth-order valence-corrected chi connectivity index (χ4v) is 2.05. The van der Waals surface area contributed by atoms with Crippen molar-refractivity contribution < 1.29 is 22.7 Å². The molecule has 0 radical (unpaired) electrons. The number of hydrogen-bond acceptors (Lipinski definition) is 2. The van der Waals surface area contributed by atoms with Crippen LogP contribution >= 0.6 is 11.6 Å². The number of nitrogens with one attached hydrogen (secondary N) is 1. The first kappa shape index (κ1) is 13.0. The van der Waals surface area contributed by atoms with Crippen molar-refractivity contribution in [2.45, 2.75) is 18.7 Å². The van der Waals surface area contributed by atoms with Crippen LogP contribution in [0.3, 0.4) is 0 Å². The third-order valence-corrected chi connectivity index (χ3v) is 2.93. The van der Waals surface area contributed by atoms with Gasteiger partial charge in [-0.25, -0.2) is 0 Å². The number of alkyl halides is 3. The van der Waals surface area contributed by atoms with Crippen LogP contribution in [0, 0.1) is 0 Å². The minimum absolute atomic E-state index is 0.0602. The van der Waals surface area contributed by atoms with Gasteiger partial charge in [-0.05, 0) is 17.7 Å². The molecule has 18 heavy (non-hydrogen) atoms. The number of carbonyl (C=O) groups excluding carboxylic acids is 1. The molecule has 1 atom stereocenters. The number of amides is 1. The van der Waals surface area contributed by atoms with Gasteiger partial charge in [-0.1, -0.05) is 17.7 Å². The molecule has 1 aromatic rings. The Morgan fingerprint density at radius 1 is 1.39 bits per heavy atom. The van der Waals surface area contributed by atoms with Gasteiger partial charge in [0.05, 0.1) is 5.02 Å². The molecule has 1 amide bonds. The van der Waals surface area contributed by atoms with Gasteiger partial charge in [-0.2, -0.15) is 0 Å². The molecule has 0 spiro atoms. The Labute approximate surface area is 106 Å². The van der Waals surface area contributed by atoms with Crippen LogP contribution in [0.4, 0.5) is 13.2 Å². The van der Waals surface area contributed by atoms with Gasteiger partial charge in [-0.15, -0.1) is 13.2 Å². The Kier molecular flexibility index (Phi) is 3.38. The molecule has 0 saturated carbocycles. The highest BCUT2D eigenvalue weighted by Gasteiger charge is 2.32. The number of benzene rings is 1. The lowest BCUT2D eigenvalue weighted by atomic mass is 9.98. The molecule has 1 unspecified atom stereocenters. The van der Waals surface area contributed by atoms with E-state index in [4.69, 9.17) is 11.6 Å². The SMILES string of the molecule is O=C1CC(c2ccc(OC(F)(F)F)c(Cl)c2)CN1. The molecule has 1 aromatic carbocycles. The average molecular weight is 280 g/mol. The fraction of sp³-hybridized carbons (Fsp3) is 0.364. The van der Waals surface area contributed by atoms with Gasteiger partial charge in [0.15, 0.2) is 0 Å². The number of hydrogen-bond donors (Lipinski definition) is 1. The first-order valence-corrected chi connectivity index (χ1v) is 5.55. The van der Waals surface area contributed by atoms with Gasteiger partial charge in [-0.3, -0.25) is 4.79 Å². The normalized spacial score (nSPS) is 19.8. The topological polar surface area (TPSA) is 38.3 Å². The highest BCUT2D eigenvalue weighted by Crippen LogP contribution is 2.33. The van der Waals surface area contributed by atoms with E-state index in [2.05, 4.69) is 10.1 Å². The van der Waals surface area contributed by atoms with Crippen LogP contribution in [-0.2, 0) is 4.79 Å². The van der Waals surface area contributed by atoms with E-state index in [1.165, 1.54) is 12.1 Å². The smallest absolute Gasteiger partial charge is 0.404 e. The van der Waals surface area contributed by atoms with Gasteiger partial charge in [0.25, 0.3) is 0 Å². The molecule has 0 aromatic heterocycles. The number of halogens is 4. The highest BCUT2D eigenvalue weighted by molar-refractivity contribution is 6.32. The molecule has 1 saturated heterocycles. The second kappa shape index (κ2) is 4.68. The standard InChI is InChI=1S/C11H9ClF3NO2/c12-8-3-6(7-4-10(17)16-5-7)1-2-9(8)18-11(13,14)15/h1-3,7H,4-5H2,(H,16,17). The monoisotopic (exact) mass is 279 g/mol. The summed E-state index contributed by atoms with van der Waals surface area (Å²) in [4.78, 5) is 11.0. The summed E-state index contributed by atoms with van der Waals surface area (Å²) >= 11 is 5.72. The molecule has 2 rings (SSSR count). The van der Waals surface area contributed by atoms with Crippen LogP contribution in [0.5, 0.6) is 5.75 Å². The predicted molar refractivity (Wildman–Crippen MR) is 58.5 cm³/mol. The number of rotatable bonds is 2. The Hall–Kier alpha value is -1.43. The molecule has 7 heteroatoms. The van der Waals surface area contributed by atoms with Gasteiger partial charge in [0.2, 0.25) is 5.91 Å². The molecule has 0 bridgehead atoms. The lowest BCUT2D eigenvalue weighted by Gasteiger charge is -2.13. The van der Waals surface area contributed by atoms with Crippen LogP contribution < -0.4 is 10.1 Å². The molecule has 1 aliphatic heterocycles. The molecule has 0 aliphatic carbocycles. The number of carbonyl (C=O) groups is 1. The lowest BCUT2D eigenvalue weighted by molar-refractivity contribution is -0.274. The summed E-state index contributed by atoms with van der Waals surface area (Å²) in [6.45, 7) is 0.467. The summed E-state index contributed by atoms with van der Waals surface area (Å²) in [5, 5.41) is 2.53. The fourth-order valence-electron chi connectivity index (χ4n) is 1.82. The molecule has 1 heterocycles. The highest BCUT2D eigenvalue weighted by atomic mass is 35.5.